The Morgan fingerprint density at radius 3 is 2.48 bits per heavy atom. The van der Waals surface area contributed by atoms with E-state index in [0.29, 0.717) is 12.1 Å². The highest BCUT2D eigenvalue weighted by molar-refractivity contribution is 7.10. The van der Waals surface area contributed by atoms with Crippen molar-refractivity contribution in [3.63, 3.8) is 0 Å². The van der Waals surface area contributed by atoms with Gasteiger partial charge in [0.1, 0.15) is 5.75 Å². The zero-order chi connectivity index (χ0) is 18.0. The van der Waals surface area contributed by atoms with Gasteiger partial charge >= 0.3 is 0 Å². The molecule has 136 valence electrons. The van der Waals surface area contributed by atoms with Crippen LogP contribution >= 0.6 is 11.3 Å². The third kappa shape index (κ3) is 3.52. The van der Waals surface area contributed by atoms with Crippen LogP contribution in [0.3, 0.4) is 0 Å². The fourth-order valence-corrected chi connectivity index (χ4v) is 4.58. The van der Waals surface area contributed by atoms with Crippen molar-refractivity contribution in [2.45, 2.75) is 33.4 Å². The predicted molar refractivity (Wildman–Crippen MR) is 103 cm³/mol. The Bertz CT molecular complexity index is 762. The second-order valence-corrected chi connectivity index (χ2v) is 7.50. The van der Waals surface area contributed by atoms with E-state index in [1.807, 2.05) is 25.3 Å². The van der Waals surface area contributed by atoms with Gasteiger partial charge in [0.2, 0.25) is 0 Å². The van der Waals surface area contributed by atoms with Crippen molar-refractivity contribution >= 4 is 11.3 Å². The molecule has 0 aromatic carbocycles. The minimum absolute atomic E-state index is 0.0729. The molecule has 1 N–H and O–H groups in total. The summed E-state index contributed by atoms with van der Waals surface area (Å²) in [6.07, 6.45) is 0. The number of piperazine rings is 1. The third-order valence-electron chi connectivity index (χ3n) is 5.14. The zero-order valence-corrected chi connectivity index (χ0v) is 16.1. The monoisotopic (exact) mass is 361 g/mol. The van der Waals surface area contributed by atoms with Crippen LogP contribution in [0, 0.1) is 6.92 Å². The van der Waals surface area contributed by atoms with Crippen molar-refractivity contribution in [3.8, 4) is 5.75 Å². The van der Waals surface area contributed by atoms with E-state index in [9.17, 15) is 9.90 Å². The summed E-state index contributed by atoms with van der Waals surface area (Å²) < 4.78 is 1.75. The van der Waals surface area contributed by atoms with Crippen LogP contribution in [0.2, 0.25) is 0 Å². The summed E-state index contributed by atoms with van der Waals surface area (Å²) in [6, 6.07) is 5.63. The highest BCUT2D eigenvalue weighted by Gasteiger charge is 2.31. The molecule has 1 aliphatic heterocycles. The minimum atomic E-state index is -0.176. The van der Waals surface area contributed by atoms with E-state index >= 15 is 0 Å². The molecule has 25 heavy (non-hydrogen) atoms. The average Bonchev–Trinajstić information content (AvgIpc) is 3.13. The Balaban J connectivity index is 2.07. The quantitative estimate of drug-likeness (QED) is 0.890. The first kappa shape index (κ1) is 18.2. The lowest BCUT2D eigenvalue weighted by Crippen LogP contribution is -2.48. The fraction of sp³-hybridized carbons (Fsp3) is 0.526. The fourth-order valence-electron chi connectivity index (χ4n) is 3.71. The zero-order valence-electron chi connectivity index (χ0n) is 15.2. The number of thiophene rings is 1. The van der Waals surface area contributed by atoms with E-state index in [4.69, 9.17) is 0 Å². The van der Waals surface area contributed by atoms with Gasteiger partial charge in [-0.05, 0) is 37.9 Å². The van der Waals surface area contributed by atoms with Gasteiger partial charge in [-0.15, -0.1) is 11.3 Å². The number of aromatic hydroxyl groups is 1. The van der Waals surface area contributed by atoms with Crippen molar-refractivity contribution < 1.29 is 5.11 Å². The van der Waals surface area contributed by atoms with Crippen molar-refractivity contribution in [2.24, 2.45) is 0 Å². The molecular formula is C19H27N3O2S. The topological polar surface area (TPSA) is 48.7 Å². The maximum Gasteiger partial charge on any atom is 0.259 e. The van der Waals surface area contributed by atoms with Gasteiger partial charge in [-0.2, -0.15) is 0 Å². The van der Waals surface area contributed by atoms with Crippen LogP contribution in [0.1, 0.15) is 36.0 Å². The van der Waals surface area contributed by atoms with Crippen LogP contribution in [-0.4, -0.2) is 52.2 Å². The summed E-state index contributed by atoms with van der Waals surface area (Å²) in [4.78, 5) is 19.0. The summed E-state index contributed by atoms with van der Waals surface area (Å²) in [6.45, 7) is 11.5. The number of aromatic nitrogens is 1. The lowest BCUT2D eigenvalue weighted by atomic mass is 10.0. The van der Waals surface area contributed by atoms with Gasteiger partial charge in [0.05, 0.1) is 11.6 Å². The molecule has 0 bridgehead atoms. The van der Waals surface area contributed by atoms with Gasteiger partial charge in [-0.3, -0.25) is 9.69 Å². The minimum Gasteiger partial charge on any atom is -0.507 e. The second-order valence-electron chi connectivity index (χ2n) is 6.52. The normalized spacial score (nSPS) is 17.7. The molecule has 0 spiro atoms. The van der Waals surface area contributed by atoms with Crippen molar-refractivity contribution in [3.05, 3.63) is 50.1 Å². The van der Waals surface area contributed by atoms with E-state index in [1.54, 1.807) is 22.0 Å². The first-order valence-electron chi connectivity index (χ1n) is 8.99. The van der Waals surface area contributed by atoms with E-state index in [-0.39, 0.29) is 17.4 Å². The molecule has 6 heteroatoms. The Kier molecular flexibility index (Phi) is 5.61. The molecule has 3 heterocycles. The van der Waals surface area contributed by atoms with Gasteiger partial charge in [-0.1, -0.05) is 13.0 Å². The molecule has 2 aromatic rings. The number of hydrogen-bond donors (Lipinski definition) is 1. The average molecular weight is 362 g/mol. The van der Waals surface area contributed by atoms with Crippen LogP contribution in [0.5, 0.6) is 5.75 Å². The van der Waals surface area contributed by atoms with Crippen LogP contribution < -0.4 is 5.56 Å². The second kappa shape index (κ2) is 7.72. The summed E-state index contributed by atoms with van der Waals surface area (Å²) in [5.41, 5.74) is 1.24. The van der Waals surface area contributed by atoms with Crippen LogP contribution in [0.25, 0.3) is 0 Å². The first-order valence-corrected chi connectivity index (χ1v) is 9.87. The molecule has 0 radical (unpaired) electrons. The molecule has 1 fully saturated rings. The molecule has 1 saturated heterocycles. The number of nitrogens with zero attached hydrogens (tertiary/aromatic N) is 3. The van der Waals surface area contributed by atoms with Gasteiger partial charge in [0.15, 0.2) is 0 Å². The van der Waals surface area contributed by atoms with Crippen molar-refractivity contribution in [1.29, 1.82) is 0 Å². The van der Waals surface area contributed by atoms with Crippen LogP contribution in [0.4, 0.5) is 0 Å². The number of aryl methyl sites for hydroxylation is 1. The van der Waals surface area contributed by atoms with Gasteiger partial charge in [-0.25, -0.2) is 0 Å². The molecule has 3 rings (SSSR count). The lowest BCUT2D eigenvalue weighted by Gasteiger charge is -2.38. The molecule has 1 aliphatic rings. The number of rotatable bonds is 5. The number of pyridine rings is 1. The van der Waals surface area contributed by atoms with E-state index < -0.39 is 0 Å². The smallest absolute Gasteiger partial charge is 0.259 e. The maximum atomic E-state index is 13.1. The molecule has 0 amide bonds. The Hall–Kier alpha value is -1.63. The van der Waals surface area contributed by atoms with Gasteiger partial charge in [0, 0.05) is 43.3 Å². The maximum absolute atomic E-state index is 13.1. The number of hydrogen-bond acceptors (Lipinski definition) is 5. The van der Waals surface area contributed by atoms with Crippen molar-refractivity contribution in [1.82, 2.24) is 14.4 Å². The summed E-state index contributed by atoms with van der Waals surface area (Å²) in [5, 5.41) is 12.7. The highest BCUT2D eigenvalue weighted by atomic mass is 32.1. The molecule has 1 atom stereocenters. The van der Waals surface area contributed by atoms with Crippen molar-refractivity contribution in [2.75, 3.05) is 32.7 Å². The Morgan fingerprint density at radius 2 is 1.92 bits per heavy atom. The predicted octanol–water partition coefficient (Wildman–Crippen LogP) is 2.67. The van der Waals surface area contributed by atoms with E-state index in [0.717, 1.165) is 43.3 Å². The highest BCUT2D eigenvalue weighted by Crippen LogP contribution is 2.35. The summed E-state index contributed by atoms with van der Waals surface area (Å²) >= 11 is 1.65. The standard InChI is InChI=1S/C19H27N3O2S/c1-4-20-8-10-21(11-9-20)18(16-7-6-12-25-16)17-15(23)13-14(3)22(5-2)19(17)24/h6-7,12-13,18,23H,4-5,8-11H2,1-3H3. The molecule has 1 unspecified atom stereocenters. The molecule has 0 aliphatic carbocycles. The van der Waals surface area contributed by atoms with Gasteiger partial charge < -0.3 is 14.6 Å². The Labute approximate surface area is 153 Å². The van der Waals surface area contributed by atoms with E-state index in [1.165, 1.54) is 0 Å². The lowest BCUT2D eigenvalue weighted by molar-refractivity contribution is 0.113. The first-order chi connectivity index (χ1) is 12.1. The van der Waals surface area contributed by atoms with Crippen LogP contribution in [0.15, 0.2) is 28.4 Å². The number of likely N-dealkylation sites (N-methyl/N-ethyl adjacent to an activating group) is 1. The SMILES string of the molecule is CCN1CCN(C(c2cccs2)c2c(O)cc(C)n(CC)c2=O)CC1. The Morgan fingerprint density at radius 1 is 1.20 bits per heavy atom. The molecular weight excluding hydrogens is 334 g/mol. The third-order valence-corrected chi connectivity index (χ3v) is 6.07. The summed E-state index contributed by atoms with van der Waals surface area (Å²) in [5.74, 6) is 0.114. The molecule has 0 saturated carbocycles. The van der Waals surface area contributed by atoms with Gasteiger partial charge in [0.25, 0.3) is 5.56 Å². The largest absolute Gasteiger partial charge is 0.507 e. The molecule has 2 aromatic heterocycles. The van der Waals surface area contributed by atoms with E-state index in [2.05, 4.69) is 22.8 Å². The van der Waals surface area contributed by atoms with Crippen LogP contribution in [-0.2, 0) is 6.54 Å². The molecule has 5 nitrogen and oxygen atoms in total. The summed E-state index contributed by atoms with van der Waals surface area (Å²) in [7, 11) is 0.